The van der Waals surface area contributed by atoms with Gasteiger partial charge in [-0.25, -0.2) is 0 Å². The number of para-hydroxylation sites is 1. The third kappa shape index (κ3) is 5.25. The summed E-state index contributed by atoms with van der Waals surface area (Å²) in [6, 6.07) is 8.55. The van der Waals surface area contributed by atoms with E-state index < -0.39 is 0 Å². The van der Waals surface area contributed by atoms with Crippen molar-refractivity contribution in [2.45, 2.75) is 45.4 Å². The second kappa shape index (κ2) is 9.96. The van der Waals surface area contributed by atoms with Crippen LogP contribution in [-0.4, -0.2) is 38.7 Å². The van der Waals surface area contributed by atoms with Crippen molar-refractivity contribution in [1.82, 2.24) is 5.32 Å². The van der Waals surface area contributed by atoms with E-state index in [9.17, 15) is 4.79 Å². The Morgan fingerprint density at radius 3 is 2.83 bits per heavy atom. The van der Waals surface area contributed by atoms with Gasteiger partial charge in [0.05, 0.1) is 7.11 Å². The zero-order valence-electron chi connectivity index (χ0n) is 14.9. The number of hydrogen-bond donors (Lipinski definition) is 1. The Labute approximate surface area is 145 Å². The number of hydrogen-bond acceptors (Lipinski definition) is 3. The fraction of sp³-hybridized carbons (Fsp3) is 0.579. The van der Waals surface area contributed by atoms with Gasteiger partial charge in [0.2, 0.25) is 0 Å². The van der Waals surface area contributed by atoms with Crippen LogP contribution in [0.1, 0.15) is 44.6 Å². The Morgan fingerprint density at radius 2 is 2.04 bits per heavy atom. The molecule has 24 heavy (non-hydrogen) atoms. The summed E-state index contributed by atoms with van der Waals surface area (Å²) in [6.07, 6.45) is 5.69. The third-order valence-electron chi connectivity index (χ3n) is 4.26. The zero-order valence-corrected chi connectivity index (χ0v) is 14.9. The first-order chi connectivity index (χ1) is 11.8. The molecule has 1 aromatic rings. The summed E-state index contributed by atoms with van der Waals surface area (Å²) in [5.74, 6) is 0.868. The van der Waals surface area contributed by atoms with E-state index in [1.165, 1.54) is 18.4 Å². The van der Waals surface area contributed by atoms with Gasteiger partial charge in [-0.15, -0.1) is 0 Å². The Hall–Kier alpha value is -2.04. The molecule has 0 fully saturated rings. The molecule has 5 heteroatoms. The molecule has 5 nitrogen and oxygen atoms in total. The highest BCUT2D eigenvalue weighted by molar-refractivity contribution is 5.97. The molecule has 1 aromatic carbocycles. The monoisotopic (exact) mass is 331 g/mol. The Morgan fingerprint density at radius 1 is 1.25 bits per heavy atom. The molecule has 0 amide bonds. The largest absolute Gasteiger partial charge is 0.469 e. The van der Waals surface area contributed by atoms with Crippen molar-refractivity contribution in [2.75, 3.05) is 31.6 Å². The number of benzene rings is 1. The van der Waals surface area contributed by atoms with Crippen molar-refractivity contribution >= 4 is 17.6 Å². The van der Waals surface area contributed by atoms with E-state index in [0.717, 1.165) is 57.7 Å². The fourth-order valence-electron chi connectivity index (χ4n) is 2.97. The number of carbonyl (C=O) groups is 1. The zero-order chi connectivity index (χ0) is 17.2. The quantitative estimate of drug-likeness (QED) is 0.344. The van der Waals surface area contributed by atoms with Crippen LogP contribution < -0.4 is 10.2 Å². The number of ether oxygens (including phenoxy) is 1. The number of methoxy groups -OCH3 is 1. The summed E-state index contributed by atoms with van der Waals surface area (Å²) >= 11 is 0. The van der Waals surface area contributed by atoms with Crippen molar-refractivity contribution < 1.29 is 9.53 Å². The Bertz CT molecular complexity index is 557. The summed E-state index contributed by atoms with van der Waals surface area (Å²) in [6.45, 7) is 4.78. The normalized spacial score (nSPS) is 13.8. The number of rotatable bonds is 8. The van der Waals surface area contributed by atoms with E-state index in [1.54, 1.807) is 0 Å². The maximum Gasteiger partial charge on any atom is 0.305 e. The van der Waals surface area contributed by atoms with Gasteiger partial charge in [-0.2, -0.15) is 0 Å². The molecule has 1 aliphatic rings. The summed E-state index contributed by atoms with van der Waals surface area (Å²) in [5, 5.41) is 3.40. The van der Waals surface area contributed by atoms with E-state index >= 15 is 0 Å². The number of unbranched alkanes of at least 4 members (excludes halogenated alkanes) is 3. The van der Waals surface area contributed by atoms with Crippen LogP contribution in [0.3, 0.4) is 0 Å². The molecule has 0 spiro atoms. The minimum atomic E-state index is -0.116. The molecule has 0 saturated heterocycles. The summed E-state index contributed by atoms with van der Waals surface area (Å²) in [5.41, 5.74) is 2.67. The van der Waals surface area contributed by atoms with Crippen molar-refractivity contribution in [3.05, 3.63) is 29.8 Å². The lowest BCUT2D eigenvalue weighted by molar-refractivity contribution is -0.140. The minimum absolute atomic E-state index is 0.116. The van der Waals surface area contributed by atoms with Gasteiger partial charge in [-0.1, -0.05) is 31.0 Å². The highest BCUT2D eigenvalue weighted by atomic mass is 16.5. The average molecular weight is 331 g/mol. The van der Waals surface area contributed by atoms with Gasteiger partial charge >= 0.3 is 5.97 Å². The number of nitrogens with one attached hydrogen (secondary N) is 1. The topological polar surface area (TPSA) is 53.9 Å². The SMILES string of the molecule is CCNC(=NCCCCCCC(=O)OC)N1CCc2ccccc21. The second-order valence-corrected chi connectivity index (χ2v) is 6.01. The number of carbonyl (C=O) groups excluding carboxylic acids is 1. The second-order valence-electron chi connectivity index (χ2n) is 6.01. The fourth-order valence-corrected chi connectivity index (χ4v) is 2.97. The lowest BCUT2D eigenvalue weighted by Gasteiger charge is -2.22. The highest BCUT2D eigenvalue weighted by Crippen LogP contribution is 2.27. The average Bonchev–Trinajstić information content (AvgIpc) is 3.03. The number of nitrogens with zero attached hydrogens (tertiary/aromatic N) is 2. The predicted molar refractivity (Wildman–Crippen MR) is 98.6 cm³/mol. The first-order valence-electron chi connectivity index (χ1n) is 8.96. The first kappa shape index (κ1) is 18.3. The minimum Gasteiger partial charge on any atom is -0.469 e. The van der Waals surface area contributed by atoms with Gasteiger partial charge in [-0.05, 0) is 37.8 Å². The smallest absolute Gasteiger partial charge is 0.305 e. The van der Waals surface area contributed by atoms with Crippen LogP contribution in [0.5, 0.6) is 0 Å². The summed E-state index contributed by atoms with van der Waals surface area (Å²) in [7, 11) is 1.44. The molecule has 1 N–H and O–H groups in total. The molecule has 132 valence electrons. The molecule has 2 rings (SSSR count). The van der Waals surface area contributed by atoms with Crippen LogP contribution >= 0.6 is 0 Å². The van der Waals surface area contributed by atoms with Crippen LogP contribution in [0.15, 0.2) is 29.3 Å². The molecule has 0 aromatic heterocycles. The Kier molecular flexibility index (Phi) is 7.59. The molecular formula is C19H29N3O2. The van der Waals surface area contributed by atoms with Gasteiger partial charge in [0, 0.05) is 31.7 Å². The van der Waals surface area contributed by atoms with E-state index in [2.05, 4.69) is 46.1 Å². The summed E-state index contributed by atoms with van der Waals surface area (Å²) in [4.78, 5) is 18.1. The maximum atomic E-state index is 11.1. The molecule has 1 aliphatic heterocycles. The number of esters is 1. The van der Waals surface area contributed by atoms with Gasteiger partial charge in [0.1, 0.15) is 0 Å². The van der Waals surface area contributed by atoms with Gasteiger partial charge in [0.15, 0.2) is 5.96 Å². The molecule has 0 bridgehead atoms. The highest BCUT2D eigenvalue weighted by Gasteiger charge is 2.22. The first-order valence-corrected chi connectivity index (χ1v) is 8.96. The van der Waals surface area contributed by atoms with Gasteiger partial charge < -0.3 is 15.0 Å². The molecule has 0 aliphatic carbocycles. The van der Waals surface area contributed by atoms with Gasteiger partial charge in [-0.3, -0.25) is 9.79 Å². The maximum absolute atomic E-state index is 11.1. The van der Waals surface area contributed by atoms with Crippen LogP contribution in [0.25, 0.3) is 0 Å². The molecule has 0 unspecified atom stereocenters. The van der Waals surface area contributed by atoms with E-state index in [-0.39, 0.29) is 5.97 Å². The van der Waals surface area contributed by atoms with E-state index in [1.807, 2.05) is 0 Å². The van der Waals surface area contributed by atoms with E-state index in [0.29, 0.717) is 6.42 Å². The van der Waals surface area contributed by atoms with Crippen molar-refractivity contribution in [1.29, 1.82) is 0 Å². The molecule has 1 heterocycles. The lowest BCUT2D eigenvalue weighted by Crippen LogP contribution is -2.40. The van der Waals surface area contributed by atoms with Crippen LogP contribution in [0, 0.1) is 0 Å². The predicted octanol–water partition coefficient (Wildman–Crippen LogP) is 3.14. The van der Waals surface area contributed by atoms with Crippen LogP contribution in [0.4, 0.5) is 5.69 Å². The number of guanidine groups is 1. The molecule has 0 radical (unpaired) electrons. The third-order valence-corrected chi connectivity index (χ3v) is 4.26. The molecule has 0 saturated carbocycles. The van der Waals surface area contributed by atoms with Crippen molar-refractivity contribution in [3.8, 4) is 0 Å². The number of aliphatic imine (C=N–C) groups is 1. The van der Waals surface area contributed by atoms with E-state index in [4.69, 9.17) is 4.99 Å². The number of anilines is 1. The van der Waals surface area contributed by atoms with Gasteiger partial charge in [0.25, 0.3) is 0 Å². The van der Waals surface area contributed by atoms with Crippen LogP contribution in [0.2, 0.25) is 0 Å². The number of fused-ring (bicyclic) bond motifs is 1. The Balaban J connectivity index is 1.79. The van der Waals surface area contributed by atoms with Crippen LogP contribution in [-0.2, 0) is 16.0 Å². The lowest BCUT2D eigenvalue weighted by atomic mass is 10.1. The van der Waals surface area contributed by atoms with Crippen molar-refractivity contribution in [3.63, 3.8) is 0 Å². The van der Waals surface area contributed by atoms with Crippen molar-refractivity contribution in [2.24, 2.45) is 4.99 Å². The molecular weight excluding hydrogens is 302 g/mol. The standard InChI is InChI=1S/C19H29N3O2/c1-3-20-19(21-14-9-5-4-6-12-18(23)24-2)22-15-13-16-10-7-8-11-17(16)22/h7-8,10-11H,3-6,9,12-15H2,1-2H3,(H,20,21). The summed E-state index contributed by atoms with van der Waals surface area (Å²) < 4.78 is 4.65. The molecule has 0 atom stereocenters.